The predicted octanol–water partition coefficient (Wildman–Crippen LogP) is 4.75. The fourth-order valence-corrected chi connectivity index (χ4v) is 2.93. The van der Waals surface area contributed by atoms with Crippen molar-refractivity contribution in [1.82, 2.24) is 0 Å². The Morgan fingerprint density at radius 2 is 2.00 bits per heavy atom. The number of nitrogens with one attached hydrogen (secondary N) is 1. The summed E-state index contributed by atoms with van der Waals surface area (Å²) >= 11 is 1.42. The number of hydrogen-bond acceptors (Lipinski definition) is 4. The standard InChI is InChI=1S/C17H16FNO2S/c1-10-3-6-16(13(18)7-10)21-17-9-12-11(4-5-15(12)20)8-14(17)19-22-2/h3,6-9,19H,4-5H2,1-2H3. The predicted molar refractivity (Wildman–Crippen MR) is 87.4 cm³/mol. The fourth-order valence-electron chi connectivity index (χ4n) is 2.56. The molecule has 0 saturated carbocycles. The minimum Gasteiger partial charge on any atom is -0.452 e. The van der Waals surface area contributed by atoms with Gasteiger partial charge in [0.1, 0.15) is 0 Å². The van der Waals surface area contributed by atoms with Gasteiger partial charge in [-0.15, -0.1) is 0 Å². The Morgan fingerprint density at radius 1 is 1.18 bits per heavy atom. The molecule has 0 spiro atoms. The zero-order valence-corrected chi connectivity index (χ0v) is 13.2. The number of benzene rings is 2. The van der Waals surface area contributed by atoms with Gasteiger partial charge in [-0.2, -0.15) is 0 Å². The molecule has 1 N–H and O–H groups in total. The van der Waals surface area contributed by atoms with Crippen molar-refractivity contribution in [2.75, 3.05) is 11.0 Å². The van der Waals surface area contributed by atoms with Crippen LogP contribution in [0.4, 0.5) is 10.1 Å². The lowest BCUT2D eigenvalue weighted by Gasteiger charge is -2.14. The number of halogens is 1. The van der Waals surface area contributed by atoms with E-state index in [1.165, 1.54) is 18.0 Å². The quantitative estimate of drug-likeness (QED) is 0.826. The van der Waals surface area contributed by atoms with Gasteiger partial charge in [-0.3, -0.25) is 4.79 Å². The fraction of sp³-hybridized carbons (Fsp3) is 0.235. The van der Waals surface area contributed by atoms with E-state index < -0.39 is 5.82 Å². The first kappa shape index (κ1) is 14.9. The summed E-state index contributed by atoms with van der Waals surface area (Å²) in [5.74, 6) is 0.313. The number of fused-ring (bicyclic) bond motifs is 1. The molecular weight excluding hydrogens is 301 g/mol. The zero-order valence-electron chi connectivity index (χ0n) is 12.4. The molecule has 0 aliphatic heterocycles. The van der Waals surface area contributed by atoms with E-state index in [1.807, 2.05) is 19.2 Å². The van der Waals surface area contributed by atoms with Crippen LogP contribution in [0, 0.1) is 12.7 Å². The molecule has 0 bridgehead atoms. The maximum Gasteiger partial charge on any atom is 0.165 e. The van der Waals surface area contributed by atoms with Gasteiger partial charge >= 0.3 is 0 Å². The summed E-state index contributed by atoms with van der Waals surface area (Å²) in [6.45, 7) is 1.82. The van der Waals surface area contributed by atoms with Gasteiger partial charge in [0, 0.05) is 18.2 Å². The normalized spacial score (nSPS) is 13.1. The topological polar surface area (TPSA) is 38.3 Å². The number of Topliss-reactive ketones (excluding diaryl/α,β-unsaturated/α-hetero) is 1. The molecule has 2 aromatic rings. The average Bonchev–Trinajstić information content (AvgIpc) is 2.83. The van der Waals surface area contributed by atoms with Crippen LogP contribution < -0.4 is 9.46 Å². The molecule has 0 saturated heterocycles. The lowest BCUT2D eigenvalue weighted by molar-refractivity contribution is 0.0994. The van der Waals surface area contributed by atoms with Gasteiger partial charge < -0.3 is 9.46 Å². The Labute approximate surface area is 133 Å². The Hall–Kier alpha value is -2.01. The third-order valence-electron chi connectivity index (χ3n) is 3.65. The molecule has 5 heteroatoms. The molecule has 1 aliphatic carbocycles. The summed E-state index contributed by atoms with van der Waals surface area (Å²) in [5, 5.41) is 0. The maximum absolute atomic E-state index is 14.0. The number of anilines is 1. The van der Waals surface area contributed by atoms with Crippen LogP contribution in [-0.2, 0) is 6.42 Å². The Balaban J connectivity index is 2.01. The first-order valence-electron chi connectivity index (χ1n) is 7.01. The number of aryl methyl sites for hydroxylation is 2. The first-order valence-corrected chi connectivity index (χ1v) is 8.24. The SMILES string of the molecule is CSNc1cc2c(cc1Oc1ccc(C)cc1F)C(=O)CC2. The smallest absolute Gasteiger partial charge is 0.165 e. The summed E-state index contributed by atoms with van der Waals surface area (Å²) in [6, 6.07) is 8.44. The summed E-state index contributed by atoms with van der Waals surface area (Å²) in [6.07, 6.45) is 3.17. The molecule has 0 atom stereocenters. The number of carbonyl (C=O) groups is 1. The molecular formula is C17H16FNO2S. The van der Waals surface area contributed by atoms with E-state index in [0.717, 1.165) is 23.2 Å². The molecule has 1 aliphatic rings. The van der Waals surface area contributed by atoms with E-state index in [0.29, 0.717) is 17.7 Å². The first-order chi connectivity index (χ1) is 10.6. The second-order valence-electron chi connectivity index (χ2n) is 5.27. The van der Waals surface area contributed by atoms with Crippen LogP contribution in [0.2, 0.25) is 0 Å². The van der Waals surface area contributed by atoms with Crippen molar-refractivity contribution in [1.29, 1.82) is 0 Å². The Bertz CT molecular complexity index is 746. The van der Waals surface area contributed by atoms with Gasteiger partial charge in [-0.25, -0.2) is 4.39 Å². The van der Waals surface area contributed by atoms with Crippen molar-refractivity contribution in [2.45, 2.75) is 19.8 Å². The van der Waals surface area contributed by atoms with Crippen molar-refractivity contribution in [2.24, 2.45) is 0 Å². The van der Waals surface area contributed by atoms with Gasteiger partial charge in [0.2, 0.25) is 0 Å². The van der Waals surface area contributed by atoms with E-state index in [9.17, 15) is 9.18 Å². The van der Waals surface area contributed by atoms with Crippen molar-refractivity contribution < 1.29 is 13.9 Å². The molecule has 0 unspecified atom stereocenters. The number of hydrogen-bond donors (Lipinski definition) is 1. The molecule has 114 valence electrons. The van der Waals surface area contributed by atoms with Crippen molar-refractivity contribution >= 4 is 23.4 Å². The van der Waals surface area contributed by atoms with Crippen LogP contribution in [0.25, 0.3) is 0 Å². The number of carbonyl (C=O) groups excluding carboxylic acids is 1. The summed E-state index contributed by atoms with van der Waals surface area (Å²) < 4.78 is 22.8. The molecule has 0 amide bonds. The van der Waals surface area contributed by atoms with Crippen LogP contribution in [0.3, 0.4) is 0 Å². The van der Waals surface area contributed by atoms with Crippen LogP contribution in [0.1, 0.15) is 27.9 Å². The minimum atomic E-state index is -0.415. The second kappa shape index (κ2) is 6.01. The highest BCUT2D eigenvalue weighted by atomic mass is 32.2. The van der Waals surface area contributed by atoms with E-state index in [4.69, 9.17) is 4.74 Å². The third kappa shape index (κ3) is 2.81. The summed E-state index contributed by atoms with van der Waals surface area (Å²) in [7, 11) is 0. The monoisotopic (exact) mass is 317 g/mol. The zero-order chi connectivity index (χ0) is 15.7. The van der Waals surface area contributed by atoms with Crippen molar-refractivity contribution in [3.05, 3.63) is 52.8 Å². The molecule has 0 aromatic heterocycles. The number of rotatable bonds is 4. The Kier molecular flexibility index (Phi) is 4.07. The number of ketones is 1. The van der Waals surface area contributed by atoms with Gasteiger partial charge in [-0.05, 0) is 48.7 Å². The van der Waals surface area contributed by atoms with Crippen molar-refractivity contribution in [3.8, 4) is 11.5 Å². The average molecular weight is 317 g/mol. The summed E-state index contributed by atoms with van der Waals surface area (Å²) in [5.41, 5.74) is 3.27. The van der Waals surface area contributed by atoms with Crippen LogP contribution in [0.15, 0.2) is 30.3 Å². The van der Waals surface area contributed by atoms with E-state index in [1.54, 1.807) is 18.2 Å². The van der Waals surface area contributed by atoms with E-state index in [2.05, 4.69) is 4.72 Å². The largest absolute Gasteiger partial charge is 0.452 e. The van der Waals surface area contributed by atoms with Gasteiger partial charge in [-0.1, -0.05) is 18.0 Å². The molecule has 3 rings (SSSR count). The van der Waals surface area contributed by atoms with Crippen LogP contribution in [-0.4, -0.2) is 12.0 Å². The van der Waals surface area contributed by atoms with E-state index in [-0.39, 0.29) is 11.5 Å². The Morgan fingerprint density at radius 3 is 2.73 bits per heavy atom. The van der Waals surface area contributed by atoms with E-state index >= 15 is 0 Å². The van der Waals surface area contributed by atoms with Gasteiger partial charge in [0.15, 0.2) is 23.1 Å². The maximum atomic E-state index is 14.0. The second-order valence-corrected chi connectivity index (χ2v) is 5.88. The lowest BCUT2D eigenvalue weighted by Crippen LogP contribution is -1.98. The highest BCUT2D eigenvalue weighted by Gasteiger charge is 2.23. The highest BCUT2D eigenvalue weighted by Crippen LogP contribution is 2.37. The molecule has 0 fully saturated rings. The molecule has 3 nitrogen and oxygen atoms in total. The summed E-state index contributed by atoms with van der Waals surface area (Å²) in [4.78, 5) is 11.9. The number of ether oxygens (including phenoxy) is 1. The molecule has 0 radical (unpaired) electrons. The van der Waals surface area contributed by atoms with Gasteiger partial charge in [0.05, 0.1) is 5.69 Å². The molecule has 0 heterocycles. The highest BCUT2D eigenvalue weighted by molar-refractivity contribution is 7.99. The third-order valence-corrected chi connectivity index (χ3v) is 4.07. The van der Waals surface area contributed by atoms with Crippen LogP contribution >= 0.6 is 11.9 Å². The van der Waals surface area contributed by atoms with Crippen molar-refractivity contribution in [3.63, 3.8) is 0 Å². The van der Waals surface area contributed by atoms with Gasteiger partial charge in [0.25, 0.3) is 0 Å². The molecule has 22 heavy (non-hydrogen) atoms. The van der Waals surface area contributed by atoms with Crippen LogP contribution in [0.5, 0.6) is 11.5 Å². The minimum absolute atomic E-state index is 0.111. The molecule has 2 aromatic carbocycles. The lowest BCUT2D eigenvalue weighted by atomic mass is 10.1.